The predicted molar refractivity (Wildman–Crippen MR) is 61.9 cm³/mol. The van der Waals surface area contributed by atoms with E-state index in [2.05, 4.69) is 0 Å². The number of nitrogen functional groups attached to an aromatic ring is 1. The van der Waals surface area contributed by atoms with Crippen LogP contribution in [0.4, 0.5) is 5.69 Å². The highest BCUT2D eigenvalue weighted by atomic mass is 16.4. The molecule has 0 saturated heterocycles. The fourth-order valence-electron chi connectivity index (χ4n) is 1.58. The van der Waals surface area contributed by atoms with Gasteiger partial charge in [0.1, 0.15) is 11.8 Å². The summed E-state index contributed by atoms with van der Waals surface area (Å²) < 4.78 is 1.60. The number of anilines is 1. The Labute approximate surface area is 97.3 Å². The lowest BCUT2D eigenvalue weighted by Crippen LogP contribution is -2.04. The highest BCUT2D eigenvalue weighted by molar-refractivity contribution is 5.94. The number of nitrogens with two attached hydrogens (primary N) is 1. The van der Waals surface area contributed by atoms with E-state index >= 15 is 0 Å². The average Bonchev–Trinajstić information content (AvgIpc) is 2.77. The molecule has 1 aromatic carbocycles. The van der Waals surface area contributed by atoms with E-state index in [1.54, 1.807) is 29.0 Å². The zero-order chi connectivity index (χ0) is 12.4. The van der Waals surface area contributed by atoms with Crippen molar-refractivity contribution in [3.05, 3.63) is 47.8 Å². The number of rotatable bonds is 2. The van der Waals surface area contributed by atoms with Crippen molar-refractivity contribution in [1.82, 2.24) is 4.57 Å². The molecule has 0 spiro atoms. The smallest absolute Gasteiger partial charge is 0.337 e. The van der Waals surface area contributed by atoms with Crippen molar-refractivity contribution in [3.63, 3.8) is 0 Å². The van der Waals surface area contributed by atoms with Crippen LogP contribution in [0.25, 0.3) is 5.69 Å². The van der Waals surface area contributed by atoms with Crippen LogP contribution in [0.2, 0.25) is 0 Å². The van der Waals surface area contributed by atoms with Gasteiger partial charge in [0.25, 0.3) is 0 Å². The second kappa shape index (κ2) is 4.02. The summed E-state index contributed by atoms with van der Waals surface area (Å²) in [6.45, 7) is 0. The average molecular weight is 227 g/mol. The normalized spacial score (nSPS) is 9.82. The van der Waals surface area contributed by atoms with Gasteiger partial charge in [0, 0.05) is 17.6 Å². The molecule has 0 aliphatic carbocycles. The van der Waals surface area contributed by atoms with Gasteiger partial charge < -0.3 is 15.4 Å². The van der Waals surface area contributed by atoms with E-state index in [4.69, 9.17) is 16.1 Å². The van der Waals surface area contributed by atoms with E-state index < -0.39 is 5.97 Å². The molecule has 0 aliphatic heterocycles. The molecule has 1 aromatic heterocycles. The van der Waals surface area contributed by atoms with Crippen molar-refractivity contribution in [2.75, 3.05) is 5.73 Å². The zero-order valence-electron chi connectivity index (χ0n) is 8.79. The lowest BCUT2D eigenvalue weighted by Gasteiger charge is -2.07. The number of nitrogens with zero attached hydrogens (tertiary/aromatic N) is 2. The molecular formula is C12H9N3O2. The molecule has 1 heterocycles. The Kier molecular flexibility index (Phi) is 2.55. The van der Waals surface area contributed by atoms with E-state index in [1.807, 2.05) is 6.07 Å². The Morgan fingerprint density at radius 1 is 1.41 bits per heavy atom. The summed E-state index contributed by atoms with van der Waals surface area (Å²) >= 11 is 0. The molecule has 0 bridgehead atoms. The van der Waals surface area contributed by atoms with Crippen LogP contribution in [0.15, 0.2) is 36.5 Å². The maximum absolute atomic E-state index is 10.9. The monoisotopic (exact) mass is 227 g/mol. The Morgan fingerprint density at radius 2 is 2.18 bits per heavy atom. The molecule has 0 radical (unpaired) electrons. The summed E-state index contributed by atoms with van der Waals surface area (Å²) in [5.41, 5.74) is 6.82. The summed E-state index contributed by atoms with van der Waals surface area (Å²) in [4.78, 5) is 10.9. The molecule has 2 aromatic rings. The molecule has 0 saturated carbocycles. The molecule has 3 N–H and O–H groups in total. The molecule has 0 unspecified atom stereocenters. The first-order chi connectivity index (χ1) is 8.13. The Bertz CT molecular complexity index is 623. The van der Waals surface area contributed by atoms with Gasteiger partial charge in [-0.25, -0.2) is 4.79 Å². The van der Waals surface area contributed by atoms with Gasteiger partial charge in [0.15, 0.2) is 0 Å². The van der Waals surface area contributed by atoms with Crippen LogP contribution >= 0.6 is 0 Å². The fraction of sp³-hybridized carbons (Fsp3) is 0. The van der Waals surface area contributed by atoms with Gasteiger partial charge in [0.2, 0.25) is 0 Å². The minimum absolute atomic E-state index is 0.0279. The van der Waals surface area contributed by atoms with Crippen LogP contribution in [0.5, 0.6) is 0 Å². The molecule has 0 aliphatic rings. The molecule has 0 fully saturated rings. The first-order valence-electron chi connectivity index (χ1n) is 4.84. The van der Waals surface area contributed by atoms with Crippen LogP contribution in [-0.4, -0.2) is 15.6 Å². The Morgan fingerprint density at radius 3 is 2.82 bits per heavy atom. The van der Waals surface area contributed by atoms with Crippen molar-refractivity contribution in [2.45, 2.75) is 0 Å². The Hall–Kier alpha value is -2.74. The van der Waals surface area contributed by atoms with Gasteiger partial charge in [-0.1, -0.05) is 0 Å². The number of hydrogen-bond acceptors (Lipinski definition) is 3. The largest absolute Gasteiger partial charge is 0.478 e. The number of hydrogen-bond donors (Lipinski definition) is 2. The zero-order valence-corrected chi connectivity index (χ0v) is 8.79. The summed E-state index contributed by atoms with van der Waals surface area (Å²) in [5, 5.41) is 17.8. The summed E-state index contributed by atoms with van der Waals surface area (Å²) in [6.07, 6.45) is 1.69. The topological polar surface area (TPSA) is 92.0 Å². The third-order valence-corrected chi connectivity index (χ3v) is 2.41. The number of carboxylic acid groups (broad SMARTS) is 1. The van der Waals surface area contributed by atoms with Crippen LogP contribution in [0.1, 0.15) is 16.1 Å². The summed E-state index contributed by atoms with van der Waals surface area (Å²) in [7, 11) is 0. The molecular weight excluding hydrogens is 218 g/mol. The molecule has 2 rings (SSSR count). The SMILES string of the molecule is N#Cc1cccn1-c1ccc(N)c(C(=O)O)c1. The second-order valence-electron chi connectivity index (χ2n) is 3.45. The number of nitriles is 1. The van der Waals surface area contributed by atoms with Gasteiger partial charge in [-0.3, -0.25) is 0 Å². The maximum Gasteiger partial charge on any atom is 0.337 e. The van der Waals surface area contributed by atoms with Crippen molar-refractivity contribution in [3.8, 4) is 11.8 Å². The van der Waals surface area contributed by atoms with E-state index in [-0.39, 0.29) is 11.3 Å². The third kappa shape index (κ3) is 1.84. The highest BCUT2D eigenvalue weighted by Crippen LogP contribution is 2.19. The summed E-state index contributed by atoms with van der Waals surface area (Å²) in [5.74, 6) is -1.09. The second-order valence-corrected chi connectivity index (χ2v) is 3.45. The molecule has 0 amide bonds. The van der Waals surface area contributed by atoms with Crippen LogP contribution < -0.4 is 5.73 Å². The minimum Gasteiger partial charge on any atom is -0.478 e. The maximum atomic E-state index is 10.9. The first-order valence-corrected chi connectivity index (χ1v) is 4.84. The number of benzene rings is 1. The van der Waals surface area contributed by atoms with Crippen LogP contribution in [-0.2, 0) is 0 Å². The lowest BCUT2D eigenvalue weighted by atomic mass is 10.1. The number of carboxylic acids is 1. The highest BCUT2D eigenvalue weighted by Gasteiger charge is 2.10. The van der Waals surface area contributed by atoms with Gasteiger partial charge >= 0.3 is 5.97 Å². The number of aromatic carboxylic acids is 1. The van der Waals surface area contributed by atoms with Crippen molar-refractivity contribution in [1.29, 1.82) is 5.26 Å². The van der Waals surface area contributed by atoms with Gasteiger partial charge in [-0.2, -0.15) is 5.26 Å². The fourth-order valence-corrected chi connectivity index (χ4v) is 1.58. The third-order valence-electron chi connectivity index (χ3n) is 2.41. The standard InChI is InChI=1S/C12H9N3O2/c13-7-9-2-1-5-15(9)8-3-4-11(14)10(6-8)12(16)17/h1-6H,14H2,(H,16,17). The minimum atomic E-state index is -1.09. The summed E-state index contributed by atoms with van der Waals surface area (Å²) in [6, 6.07) is 10.0. The van der Waals surface area contributed by atoms with Crippen molar-refractivity contribution in [2.24, 2.45) is 0 Å². The predicted octanol–water partition coefficient (Wildman–Crippen LogP) is 1.63. The first kappa shape index (κ1) is 10.8. The Balaban J connectivity index is 2.59. The van der Waals surface area contributed by atoms with E-state index in [0.29, 0.717) is 11.4 Å². The quantitative estimate of drug-likeness (QED) is 0.762. The van der Waals surface area contributed by atoms with Gasteiger partial charge in [-0.15, -0.1) is 0 Å². The number of carbonyl (C=O) groups is 1. The van der Waals surface area contributed by atoms with Crippen LogP contribution in [0.3, 0.4) is 0 Å². The molecule has 0 atom stereocenters. The molecule has 84 valence electrons. The van der Waals surface area contributed by atoms with Gasteiger partial charge in [-0.05, 0) is 30.3 Å². The van der Waals surface area contributed by atoms with E-state index in [0.717, 1.165) is 0 Å². The molecule has 5 nitrogen and oxygen atoms in total. The van der Waals surface area contributed by atoms with E-state index in [9.17, 15) is 4.79 Å². The lowest BCUT2D eigenvalue weighted by molar-refractivity contribution is 0.0698. The number of aromatic nitrogens is 1. The van der Waals surface area contributed by atoms with Crippen molar-refractivity contribution >= 4 is 11.7 Å². The molecule has 5 heteroatoms. The van der Waals surface area contributed by atoms with Crippen LogP contribution in [0, 0.1) is 11.3 Å². The van der Waals surface area contributed by atoms with Crippen molar-refractivity contribution < 1.29 is 9.90 Å². The van der Waals surface area contributed by atoms with Gasteiger partial charge in [0.05, 0.1) is 5.56 Å². The van der Waals surface area contributed by atoms with E-state index in [1.165, 1.54) is 12.1 Å². The molecule has 17 heavy (non-hydrogen) atoms.